The molecule has 1 saturated heterocycles. The van der Waals surface area contributed by atoms with E-state index in [0.29, 0.717) is 25.8 Å². The molecule has 0 aromatic carbocycles. The number of guanidine groups is 1. The van der Waals surface area contributed by atoms with Crippen LogP contribution in [0.3, 0.4) is 0 Å². The summed E-state index contributed by atoms with van der Waals surface area (Å²) in [5.41, 5.74) is 27.6. The van der Waals surface area contributed by atoms with Crippen molar-refractivity contribution in [1.82, 2.24) is 63.1 Å². The number of aliphatic hydroxyl groups excluding tert-OH is 3. The molecule has 2 heterocycles. The third-order valence-electron chi connectivity index (χ3n) is 13.2. The summed E-state index contributed by atoms with van der Waals surface area (Å²) in [4.78, 5) is 168. The minimum atomic E-state index is -1.74. The van der Waals surface area contributed by atoms with E-state index in [0.717, 1.165) is 6.39 Å². The molecule has 0 spiro atoms. The average molecular weight is 1200 g/mol. The highest BCUT2D eigenvalue weighted by atomic mass is 16.3. The summed E-state index contributed by atoms with van der Waals surface area (Å²) in [6, 6.07) is -15.0. The number of carbonyl (C=O) groups excluding carboxylic acids is 12. The highest BCUT2D eigenvalue weighted by molar-refractivity contribution is 5.99. The number of hydrogen-bond donors (Lipinski definition) is 18. The van der Waals surface area contributed by atoms with E-state index >= 15 is 0 Å². The second-order valence-electron chi connectivity index (χ2n) is 20.3. The van der Waals surface area contributed by atoms with Crippen LogP contribution in [0.25, 0.3) is 0 Å². The summed E-state index contributed by atoms with van der Waals surface area (Å²) >= 11 is 0. The molecule has 1 aromatic rings. The molecule has 34 nitrogen and oxygen atoms in total. The lowest BCUT2D eigenvalue weighted by Gasteiger charge is -2.29. The van der Waals surface area contributed by atoms with Crippen molar-refractivity contribution in [3.8, 4) is 0 Å². The first-order valence-electron chi connectivity index (χ1n) is 27.5. The molecule has 0 aliphatic carbocycles. The van der Waals surface area contributed by atoms with Crippen LogP contribution < -0.4 is 81.8 Å². The predicted octanol–water partition coefficient (Wildman–Crippen LogP) is -8.24. The molecule has 1 fully saturated rings. The number of aliphatic imine (C=N–C) groups is 1. The third-order valence-corrected chi connectivity index (χ3v) is 13.2. The monoisotopic (exact) mass is 1190 g/mol. The van der Waals surface area contributed by atoms with Gasteiger partial charge in [-0.3, -0.25) is 62.5 Å². The summed E-state index contributed by atoms with van der Waals surface area (Å²) in [7, 11) is 0. The van der Waals surface area contributed by atoms with E-state index in [4.69, 9.17) is 33.1 Å². The molecule has 0 saturated carbocycles. The maximum absolute atomic E-state index is 14.2. The largest absolute Gasteiger partial charge is 0.438 e. The number of rotatable bonds is 37. The molecule has 0 bridgehead atoms. The topological polar surface area (TPSA) is 558 Å². The molecule has 0 radical (unpaired) electrons. The number of aliphatic hydroxyl groups is 3. The second-order valence-corrected chi connectivity index (χ2v) is 20.3. The molecule has 1 aliphatic rings. The minimum absolute atomic E-state index is 0.0167. The van der Waals surface area contributed by atoms with Crippen molar-refractivity contribution in [2.45, 2.75) is 184 Å². The number of likely N-dealkylation sites (tertiary alicyclic amines) is 1. The number of nitrogens with zero attached hydrogens (tertiary/aromatic N) is 3. The van der Waals surface area contributed by atoms with E-state index in [1.54, 1.807) is 0 Å². The molecule has 1 aliphatic heterocycles. The quantitative estimate of drug-likeness (QED) is 0.0167. The van der Waals surface area contributed by atoms with Gasteiger partial charge in [-0.25, -0.2) is 4.98 Å². The fraction of sp³-hybridized carbons (Fsp3) is 0.680. The van der Waals surface area contributed by atoms with Gasteiger partial charge >= 0.3 is 0 Å². The summed E-state index contributed by atoms with van der Waals surface area (Å²) in [6.45, 7) is 7.11. The van der Waals surface area contributed by atoms with Crippen LogP contribution in [0.2, 0.25) is 0 Å². The zero-order chi connectivity index (χ0) is 63.4. The lowest BCUT2D eigenvalue weighted by atomic mass is 10.1. The van der Waals surface area contributed by atoms with Crippen LogP contribution in [0.5, 0.6) is 0 Å². The zero-order valence-electron chi connectivity index (χ0n) is 48.1. The summed E-state index contributed by atoms with van der Waals surface area (Å²) in [5, 5.41) is 54.6. The van der Waals surface area contributed by atoms with E-state index in [-0.39, 0.29) is 76.3 Å². The molecule has 12 amide bonds. The number of primary amides is 1. The van der Waals surface area contributed by atoms with Crippen LogP contribution in [0.15, 0.2) is 22.0 Å². The van der Waals surface area contributed by atoms with Crippen molar-refractivity contribution in [3.63, 3.8) is 0 Å². The van der Waals surface area contributed by atoms with Gasteiger partial charge in [0.2, 0.25) is 70.7 Å². The molecule has 84 heavy (non-hydrogen) atoms. The Morgan fingerprint density at radius 1 is 0.631 bits per heavy atom. The van der Waals surface area contributed by atoms with Gasteiger partial charge in [-0.05, 0) is 112 Å². The van der Waals surface area contributed by atoms with Crippen molar-refractivity contribution in [2.75, 3.05) is 32.8 Å². The van der Waals surface area contributed by atoms with E-state index in [9.17, 15) is 72.9 Å². The Labute approximate surface area is 485 Å². The Morgan fingerprint density at radius 3 is 1.65 bits per heavy atom. The number of nitrogens with one attached hydrogen (secondary N) is 10. The highest BCUT2D eigenvalue weighted by Gasteiger charge is 2.39. The third kappa shape index (κ3) is 24.4. The Bertz CT molecular complexity index is 2430. The maximum atomic E-state index is 14.2. The van der Waals surface area contributed by atoms with Crippen molar-refractivity contribution in [1.29, 1.82) is 0 Å². The van der Waals surface area contributed by atoms with Crippen LogP contribution in [0.1, 0.15) is 116 Å². The van der Waals surface area contributed by atoms with E-state index in [2.05, 4.69) is 63.1 Å². The molecule has 0 unspecified atom stereocenters. The fourth-order valence-corrected chi connectivity index (χ4v) is 8.21. The Kier molecular flexibility index (Phi) is 31.3. The molecule has 472 valence electrons. The van der Waals surface area contributed by atoms with E-state index in [1.807, 2.05) is 0 Å². The lowest BCUT2D eigenvalue weighted by Crippen LogP contribution is -2.60. The van der Waals surface area contributed by atoms with Gasteiger partial charge in [0.25, 0.3) is 5.91 Å². The lowest BCUT2D eigenvalue weighted by molar-refractivity contribution is -0.142. The van der Waals surface area contributed by atoms with Crippen molar-refractivity contribution >= 4 is 76.8 Å². The number of carbonyl (C=O) groups is 12. The van der Waals surface area contributed by atoms with E-state index < -0.39 is 156 Å². The smallest absolute Gasteiger partial charge is 0.288 e. The maximum Gasteiger partial charge on any atom is 0.288 e. The van der Waals surface area contributed by atoms with Crippen LogP contribution in [0, 0.1) is 0 Å². The van der Waals surface area contributed by atoms with Crippen molar-refractivity contribution < 1.29 is 77.3 Å². The van der Waals surface area contributed by atoms with Crippen LogP contribution in [-0.4, -0.2) is 214 Å². The number of hydrogen-bond acceptors (Lipinski definition) is 20. The number of oxazole rings is 1. The average Bonchev–Trinajstić information content (AvgIpc) is 4.38. The van der Waals surface area contributed by atoms with Crippen LogP contribution in [-0.2, 0) is 52.7 Å². The number of nitrogens with two attached hydrogens (primary N) is 5. The van der Waals surface area contributed by atoms with Crippen molar-refractivity contribution in [2.24, 2.45) is 33.7 Å². The zero-order valence-corrected chi connectivity index (χ0v) is 48.1. The Hall–Kier alpha value is -8.08. The standard InChI is InChI=1S/C50H86N18O16/c1-24(60-42(76)30(13-7-9-17-51)65-48(82)36(52)28(5)70)39(73)59-25(2)40(74)63-32(15-11-19-58-50(54)55)43(77)64-31(14-8-10-18-57-47(81)35-21-56-23-84-35)44(78)66-33(22-69)45(79)62-27(4)49(83)68-20-12-16-34(68)46(80)61-26(3)41(75)67-37(29(6)71)38(53)72/h21,23-34,36-37,69-71H,7-20,22,51-52H2,1-6H3,(H2,53,72)(H,57,81)(H,59,73)(H,60,76)(H,61,80)(H,62,79)(H,63,74)(H,64,77)(H,65,82)(H,66,78)(H,67,75)(H4,54,55,58)/t24-,25-,26-,27-,28+,29+,30-,31-,32-,33-,34-,36-,37-/m0/s1. The number of aromatic nitrogens is 1. The minimum Gasteiger partial charge on any atom is -0.438 e. The van der Waals surface area contributed by atoms with Gasteiger partial charge in [0.15, 0.2) is 12.4 Å². The predicted molar refractivity (Wildman–Crippen MR) is 298 cm³/mol. The second kappa shape index (κ2) is 36.5. The van der Waals surface area contributed by atoms with Crippen LogP contribution in [0.4, 0.5) is 0 Å². The molecule has 23 N–H and O–H groups in total. The first-order valence-corrected chi connectivity index (χ1v) is 27.5. The van der Waals surface area contributed by atoms with Gasteiger partial charge in [0.1, 0.15) is 66.5 Å². The summed E-state index contributed by atoms with van der Waals surface area (Å²) < 4.78 is 5.00. The number of amides is 12. The normalized spacial score (nSPS) is 17.2. The molecule has 2 rings (SSSR count). The highest BCUT2D eigenvalue weighted by Crippen LogP contribution is 2.19. The molecular formula is C50H86N18O16. The first kappa shape index (κ1) is 72.0. The first-order chi connectivity index (χ1) is 39.5. The molecule has 13 atom stereocenters. The molecule has 34 heteroatoms. The summed E-state index contributed by atoms with van der Waals surface area (Å²) in [6.07, 6.45) is 1.36. The SMILES string of the molecule is C[C@H](NC(=O)[C@H](C)NC(=O)[C@H](CCCCN)NC(=O)[C@@H](N)[C@@H](C)O)C(=O)N[C@@H](CCCN=C(N)N)C(=O)N[C@@H](CCCCNC(=O)c1cnco1)C(=O)N[C@@H](CO)C(=O)N[C@@H](C)C(=O)N1CCC[C@H]1C(=O)N[C@@H](C)C(=O)N[C@H](C(N)=O)[C@@H](C)O. The van der Waals surface area contributed by atoms with Gasteiger partial charge in [-0.1, -0.05) is 0 Å². The Morgan fingerprint density at radius 2 is 1.12 bits per heavy atom. The van der Waals surface area contributed by atoms with Crippen molar-refractivity contribution in [3.05, 3.63) is 18.4 Å². The van der Waals surface area contributed by atoms with Gasteiger partial charge in [-0.15, -0.1) is 0 Å². The van der Waals surface area contributed by atoms with E-state index in [1.165, 1.54) is 52.6 Å². The van der Waals surface area contributed by atoms with Crippen LogP contribution >= 0.6 is 0 Å². The molecular weight excluding hydrogens is 1110 g/mol. The number of unbranched alkanes of at least 4 members (excludes halogenated alkanes) is 2. The van der Waals surface area contributed by atoms with Gasteiger partial charge in [0.05, 0.1) is 25.0 Å². The fourth-order valence-electron chi connectivity index (χ4n) is 8.21. The Balaban J connectivity index is 2.29. The molecule has 1 aromatic heterocycles. The van der Waals surface area contributed by atoms with Gasteiger partial charge in [-0.2, -0.15) is 0 Å². The van der Waals surface area contributed by atoms with Gasteiger partial charge in [0, 0.05) is 19.6 Å². The van der Waals surface area contributed by atoms with Gasteiger partial charge < -0.3 is 106 Å². The summed E-state index contributed by atoms with van der Waals surface area (Å²) in [5.74, 6) is -10.6.